The number of carboxylic acids is 1. The lowest BCUT2D eigenvalue weighted by molar-refractivity contribution is 0.0702. The van der Waals surface area contributed by atoms with E-state index in [0.717, 1.165) is 11.3 Å². The number of aromatic carboxylic acids is 1. The number of carbonyl (C=O) groups is 1. The van der Waals surface area contributed by atoms with Gasteiger partial charge in [-0.2, -0.15) is 0 Å². The van der Waals surface area contributed by atoms with Gasteiger partial charge in [-0.15, -0.1) is 11.3 Å². The van der Waals surface area contributed by atoms with Gasteiger partial charge in [0.1, 0.15) is 21.5 Å². The third kappa shape index (κ3) is 2.26. The lowest BCUT2D eigenvalue weighted by Gasteiger charge is -2.05. The Labute approximate surface area is 100 Å². The summed E-state index contributed by atoms with van der Waals surface area (Å²) in [6.45, 7) is 0. The molecular formula is C11H8FNO3S. The van der Waals surface area contributed by atoms with Crippen LogP contribution in [-0.2, 0) is 0 Å². The molecule has 0 aliphatic carbocycles. The van der Waals surface area contributed by atoms with Gasteiger partial charge in [-0.1, -0.05) is 0 Å². The Morgan fingerprint density at radius 3 is 2.88 bits per heavy atom. The van der Waals surface area contributed by atoms with Crippen LogP contribution in [0.15, 0.2) is 24.4 Å². The zero-order valence-electron chi connectivity index (χ0n) is 8.81. The summed E-state index contributed by atoms with van der Waals surface area (Å²) in [5.74, 6) is -1.02. The second kappa shape index (κ2) is 4.50. The van der Waals surface area contributed by atoms with Crippen molar-refractivity contribution in [2.45, 2.75) is 0 Å². The lowest BCUT2D eigenvalue weighted by Crippen LogP contribution is -1.89. The van der Waals surface area contributed by atoms with E-state index in [9.17, 15) is 9.18 Å². The van der Waals surface area contributed by atoms with Crippen LogP contribution in [0.3, 0.4) is 0 Å². The standard InChI is InChI=1S/C11H8FNO3S/c1-16-8-3-2-6(12)4-7(8)10-13-5-9(17-10)11(14)15/h2-5H,1H3,(H,14,15). The molecule has 0 amide bonds. The summed E-state index contributed by atoms with van der Waals surface area (Å²) in [6.07, 6.45) is 1.24. The molecular weight excluding hydrogens is 245 g/mol. The first kappa shape index (κ1) is 11.5. The van der Waals surface area contributed by atoms with Crippen LogP contribution >= 0.6 is 11.3 Å². The highest BCUT2D eigenvalue weighted by Crippen LogP contribution is 2.33. The molecule has 1 aromatic carbocycles. The number of benzene rings is 1. The summed E-state index contributed by atoms with van der Waals surface area (Å²) in [5.41, 5.74) is 0.449. The van der Waals surface area contributed by atoms with Crippen LogP contribution in [0.25, 0.3) is 10.6 Å². The average Bonchev–Trinajstić information content (AvgIpc) is 2.78. The number of halogens is 1. The number of ether oxygens (including phenoxy) is 1. The van der Waals surface area contributed by atoms with Gasteiger partial charge in [0.2, 0.25) is 0 Å². The predicted molar refractivity (Wildman–Crippen MR) is 61.0 cm³/mol. The molecule has 0 unspecified atom stereocenters. The van der Waals surface area contributed by atoms with Crippen molar-refractivity contribution in [2.24, 2.45) is 0 Å². The molecule has 1 heterocycles. The number of rotatable bonds is 3. The van der Waals surface area contributed by atoms with Crippen molar-refractivity contribution < 1.29 is 19.0 Å². The van der Waals surface area contributed by atoms with Gasteiger partial charge in [0.25, 0.3) is 0 Å². The maximum absolute atomic E-state index is 13.1. The minimum atomic E-state index is -1.05. The molecule has 2 rings (SSSR count). The number of hydrogen-bond acceptors (Lipinski definition) is 4. The van der Waals surface area contributed by atoms with Gasteiger partial charge in [-0.25, -0.2) is 14.2 Å². The molecule has 0 saturated carbocycles. The predicted octanol–water partition coefficient (Wildman–Crippen LogP) is 2.66. The SMILES string of the molecule is COc1ccc(F)cc1-c1ncc(C(=O)O)s1. The van der Waals surface area contributed by atoms with Crippen LogP contribution in [0.2, 0.25) is 0 Å². The molecule has 1 N–H and O–H groups in total. The first-order valence-electron chi connectivity index (χ1n) is 4.65. The normalized spacial score (nSPS) is 10.2. The van der Waals surface area contributed by atoms with Gasteiger partial charge in [0.05, 0.1) is 18.9 Å². The van der Waals surface area contributed by atoms with Crippen LogP contribution < -0.4 is 4.74 Å². The first-order chi connectivity index (χ1) is 8.11. The molecule has 0 spiro atoms. The summed E-state index contributed by atoms with van der Waals surface area (Å²) in [4.78, 5) is 14.8. The van der Waals surface area contributed by atoms with Gasteiger partial charge in [0, 0.05) is 0 Å². The summed E-state index contributed by atoms with van der Waals surface area (Å²) in [7, 11) is 1.46. The third-order valence-electron chi connectivity index (χ3n) is 2.11. The van der Waals surface area contributed by atoms with Gasteiger partial charge in [-0.3, -0.25) is 0 Å². The van der Waals surface area contributed by atoms with E-state index in [1.807, 2.05) is 0 Å². The topological polar surface area (TPSA) is 59.4 Å². The van der Waals surface area contributed by atoms with Crippen LogP contribution in [0.4, 0.5) is 4.39 Å². The second-order valence-electron chi connectivity index (χ2n) is 3.18. The Kier molecular flexibility index (Phi) is 3.06. The number of thiazole rings is 1. The zero-order valence-corrected chi connectivity index (χ0v) is 9.62. The molecule has 0 atom stereocenters. The van der Waals surface area contributed by atoms with Crippen molar-refractivity contribution in [2.75, 3.05) is 7.11 Å². The van der Waals surface area contributed by atoms with Crippen molar-refractivity contribution >= 4 is 17.3 Å². The van der Waals surface area contributed by atoms with Crippen LogP contribution in [0.1, 0.15) is 9.67 Å². The molecule has 0 aliphatic heterocycles. The van der Waals surface area contributed by atoms with Gasteiger partial charge >= 0.3 is 5.97 Å². The van der Waals surface area contributed by atoms with Crippen molar-refractivity contribution in [1.29, 1.82) is 0 Å². The van der Waals surface area contributed by atoms with E-state index in [-0.39, 0.29) is 4.88 Å². The number of hydrogen-bond donors (Lipinski definition) is 1. The summed E-state index contributed by atoms with van der Waals surface area (Å²) < 4.78 is 18.2. The van der Waals surface area contributed by atoms with Crippen molar-refractivity contribution in [1.82, 2.24) is 4.98 Å². The Balaban J connectivity index is 2.51. The summed E-state index contributed by atoms with van der Waals surface area (Å²) in [5, 5.41) is 9.21. The highest BCUT2D eigenvalue weighted by Gasteiger charge is 2.14. The van der Waals surface area contributed by atoms with Crippen LogP contribution in [0, 0.1) is 5.82 Å². The minimum absolute atomic E-state index is 0.103. The number of carboxylic acid groups (broad SMARTS) is 1. The van der Waals surface area contributed by atoms with Crippen LogP contribution in [0.5, 0.6) is 5.75 Å². The molecule has 1 aromatic heterocycles. The fourth-order valence-corrected chi connectivity index (χ4v) is 2.12. The van der Waals surface area contributed by atoms with Gasteiger partial charge in [-0.05, 0) is 18.2 Å². The van der Waals surface area contributed by atoms with Crippen LogP contribution in [-0.4, -0.2) is 23.2 Å². The Morgan fingerprint density at radius 2 is 2.29 bits per heavy atom. The fourth-order valence-electron chi connectivity index (χ4n) is 1.34. The number of nitrogens with zero attached hydrogens (tertiary/aromatic N) is 1. The lowest BCUT2D eigenvalue weighted by atomic mass is 10.2. The molecule has 0 radical (unpaired) electrons. The highest BCUT2D eigenvalue weighted by molar-refractivity contribution is 7.16. The average molecular weight is 253 g/mol. The monoisotopic (exact) mass is 253 g/mol. The Morgan fingerprint density at radius 1 is 1.53 bits per heavy atom. The highest BCUT2D eigenvalue weighted by atomic mass is 32.1. The maximum Gasteiger partial charge on any atom is 0.347 e. The van der Waals surface area contributed by atoms with E-state index < -0.39 is 11.8 Å². The third-order valence-corrected chi connectivity index (χ3v) is 3.13. The fraction of sp³-hybridized carbons (Fsp3) is 0.0909. The Bertz CT molecular complexity index is 568. The smallest absolute Gasteiger partial charge is 0.347 e. The zero-order chi connectivity index (χ0) is 12.4. The number of methoxy groups -OCH3 is 1. The quantitative estimate of drug-likeness (QED) is 0.913. The molecule has 0 bridgehead atoms. The van der Waals surface area contributed by atoms with Crippen molar-refractivity contribution in [3.8, 4) is 16.3 Å². The van der Waals surface area contributed by atoms with Crippen molar-refractivity contribution in [3.05, 3.63) is 35.1 Å². The molecule has 0 saturated heterocycles. The van der Waals surface area contributed by atoms with Crippen molar-refractivity contribution in [3.63, 3.8) is 0 Å². The molecule has 6 heteroatoms. The molecule has 0 aliphatic rings. The van der Waals surface area contributed by atoms with E-state index in [4.69, 9.17) is 9.84 Å². The van der Waals surface area contributed by atoms with E-state index in [2.05, 4.69) is 4.98 Å². The molecule has 0 fully saturated rings. The second-order valence-corrected chi connectivity index (χ2v) is 4.21. The Hall–Kier alpha value is -1.95. The summed E-state index contributed by atoms with van der Waals surface area (Å²) in [6, 6.07) is 4.02. The molecule has 4 nitrogen and oxygen atoms in total. The van der Waals surface area contributed by atoms with E-state index in [1.54, 1.807) is 0 Å². The van der Waals surface area contributed by atoms with E-state index in [0.29, 0.717) is 16.3 Å². The van der Waals surface area contributed by atoms with E-state index in [1.165, 1.54) is 31.5 Å². The van der Waals surface area contributed by atoms with Gasteiger partial charge in [0.15, 0.2) is 0 Å². The van der Waals surface area contributed by atoms with Gasteiger partial charge < -0.3 is 9.84 Å². The molecule has 17 heavy (non-hydrogen) atoms. The summed E-state index contributed by atoms with van der Waals surface area (Å²) >= 11 is 0.975. The minimum Gasteiger partial charge on any atom is -0.496 e. The largest absolute Gasteiger partial charge is 0.496 e. The van der Waals surface area contributed by atoms with E-state index >= 15 is 0 Å². The number of aromatic nitrogens is 1. The molecule has 2 aromatic rings. The first-order valence-corrected chi connectivity index (χ1v) is 5.46. The molecule has 88 valence electrons. The maximum atomic E-state index is 13.1.